The van der Waals surface area contributed by atoms with E-state index in [1.165, 1.54) is 12.1 Å². The lowest BCUT2D eigenvalue weighted by Crippen LogP contribution is -2.19. The number of rotatable bonds is 4. The minimum Gasteiger partial charge on any atom is -0.406 e. The van der Waals surface area contributed by atoms with Gasteiger partial charge >= 0.3 is 6.36 Å². The van der Waals surface area contributed by atoms with Crippen LogP contribution in [0.25, 0.3) is 0 Å². The van der Waals surface area contributed by atoms with Gasteiger partial charge in [0.1, 0.15) is 5.75 Å². The van der Waals surface area contributed by atoms with Gasteiger partial charge in [0.05, 0.1) is 6.10 Å². The first kappa shape index (κ1) is 16.8. The summed E-state index contributed by atoms with van der Waals surface area (Å²) in [5.41, 5.74) is 6.03. The monoisotopic (exact) mass is 291 g/mol. The van der Waals surface area contributed by atoms with Gasteiger partial charge in [-0.1, -0.05) is 26.8 Å². The van der Waals surface area contributed by atoms with Gasteiger partial charge in [-0.25, -0.2) is 0 Å². The van der Waals surface area contributed by atoms with E-state index in [1.807, 2.05) is 20.8 Å². The molecule has 114 valence electrons. The summed E-state index contributed by atoms with van der Waals surface area (Å²) in [7, 11) is 0. The van der Waals surface area contributed by atoms with E-state index in [1.54, 1.807) is 6.07 Å². The van der Waals surface area contributed by atoms with Crippen molar-refractivity contribution in [1.82, 2.24) is 0 Å². The zero-order chi connectivity index (χ0) is 15.6. The van der Waals surface area contributed by atoms with E-state index in [9.17, 15) is 18.3 Å². The first-order valence-electron chi connectivity index (χ1n) is 6.32. The highest BCUT2D eigenvalue weighted by Gasteiger charge is 2.32. The van der Waals surface area contributed by atoms with Crippen LogP contribution in [0.4, 0.5) is 13.2 Å². The average Bonchev–Trinajstić information content (AvgIpc) is 2.25. The third-order valence-electron chi connectivity index (χ3n) is 2.85. The van der Waals surface area contributed by atoms with Crippen LogP contribution >= 0.6 is 0 Å². The lowest BCUT2D eigenvalue weighted by molar-refractivity contribution is -0.274. The summed E-state index contributed by atoms with van der Waals surface area (Å²) in [6.45, 7) is 5.87. The van der Waals surface area contributed by atoms with Crippen LogP contribution in [-0.4, -0.2) is 18.0 Å². The summed E-state index contributed by atoms with van der Waals surface area (Å²) < 4.78 is 41.0. The number of hydrogen-bond donors (Lipinski definition) is 2. The van der Waals surface area contributed by atoms with Crippen LogP contribution in [0.2, 0.25) is 0 Å². The second-order valence-electron chi connectivity index (χ2n) is 5.68. The Balaban J connectivity index is 3.21. The maximum atomic E-state index is 12.3. The molecule has 0 aliphatic rings. The molecule has 1 atom stereocenters. The van der Waals surface area contributed by atoms with Gasteiger partial charge in [0.15, 0.2) is 0 Å². The van der Waals surface area contributed by atoms with Crippen LogP contribution in [0.15, 0.2) is 18.2 Å². The molecular weight excluding hydrogens is 271 g/mol. The van der Waals surface area contributed by atoms with E-state index in [-0.39, 0.29) is 24.1 Å². The van der Waals surface area contributed by atoms with Crippen molar-refractivity contribution >= 4 is 0 Å². The molecule has 0 saturated carbocycles. The Kier molecular flexibility index (Phi) is 5.05. The van der Waals surface area contributed by atoms with Crippen molar-refractivity contribution in [2.45, 2.75) is 45.1 Å². The number of alkyl halides is 3. The van der Waals surface area contributed by atoms with Gasteiger partial charge in [-0.15, -0.1) is 13.2 Å². The molecule has 0 radical (unpaired) electrons. The molecule has 20 heavy (non-hydrogen) atoms. The maximum Gasteiger partial charge on any atom is 0.573 e. The van der Waals surface area contributed by atoms with E-state index in [0.29, 0.717) is 11.1 Å². The van der Waals surface area contributed by atoms with Gasteiger partial charge in [-0.3, -0.25) is 0 Å². The van der Waals surface area contributed by atoms with Crippen molar-refractivity contribution in [3.8, 4) is 5.75 Å². The third kappa shape index (κ3) is 5.02. The van der Waals surface area contributed by atoms with Crippen molar-refractivity contribution in [1.29, 1.82) is 0 Å². The number of ether oxygens (including phenoxy) is 1. The van der Waals surface area contributed by atoms with Gasteiger partial charge in [0.2, 0.25) is 0 Å². The Labute approximate surface area is 116 Å². The largest absolute Gasteiger partial charge is 0.573 e. The minimum absolute atomic E-state index is 0.246. The summed E-state index contributed by atoms with van der Waals surface area (Å²) >= 11 is 0. The third-order valence-corrected chi connectivity index (χ3v) is 2.85. The molecule has 0 bridgehead atoms. The number of nitrogens with two attached hydrogens (primary N) is 1. The fourth-order valence-electron chi connectivity index (χ4n) is 1.76. The van der Waals surface area contributed by atoms with Crippen LogP contribution in [0.5, 0.6) is 5.75 Å². The van der Waals surface area contributed by atoms with E-state index >= 15 is 0 Å². The number of aliphatic hydroxyl groups is 1. The molecule has 0 fully saturated rings. The van der Waals surface area contributed by atoms with E-state index in [4.69, 9.17) is 5.73 Å². The molecule has 1 rings (SSSR count). The Hall–Kier alpha value is -1.27. The smallest absolute Gasteiger partial charge is 0.406 e. The molecule has 0 saturated heterocycles. The summed E-state index contributed by atoms with van der Waals surface area (Å²) in [6.07, 6.45) is -5.39. The minimum atomic E-state index is -4.76. The molecule has 0 amide bonds. The van der Waals surface area contributed by atoms with Crippen molar-refractivity contribution in [2.24, 2.45) is 5.73 Å². The van der Waals surface area contributed by atoms with Gasteiger partial charge in [-0.2, -0.15) is 0 Å². The van der Waals surface area contributed by atoms with Gasteiger partial charge in [-0.05, 0) is 41.6 Å². The summed E-state index contributed by atoms with van der Waals surface area (Å²) in [4.78, 5) is 0. The normalized spacial score (nSPS) is 14.2. The Morgan fingerprint density at radius 2 is 1.80 bits per heavy atom. The number of halogens is 3. The predicted octanol–water partition coefficient (Wildman–Crippen LogP) is 3.26. The second kappa shape index (κ2) is 6.01. The standard InChI is InChI=1S/C14H20F3NO2/c1-13(2,3)10-6-9(12(19)4-5-18)7-11(8-10)20-14(15,16)17/h6-8,12,19H,4-5,18H2,1-3H3/t12-/m1/s1. The average molecular weight is 291 g/mol. The number of hydrogen-bond acceptors (Lipinski definition) is 3. The van der Waals surface area contributed by atoms with Gasteiger partial charge in [0, 0.05) is 0 Å². The van der Waals surface area contributed by atoms with Crippen LogP contribution in [-0.2, 0) is 5.41 Å². The SMILES string of the molecule is CC(C)(C)c1cc(OC(F)(F)F)cc([C@H](O)CCN)c1. The summed E-state index contributed by atoms with van der Waals surface area (Å²) in [5.74, 6) is -0.323. The van der Waals surface area contributed by atoms with E-state index in [0.717, 1.165) is 0 Å². The van der Waals surface area contributed by atoms with Crippen LogP contribution in [0.3, 0.4) is 0 Å². The zero-order valence-corrected chi connectivity index (χ0v) is 11.8. The Morgan fingerprint density at radius 3 is 2.25 bits per heavy atom. The summed E-state index contributed by atoms with van der Waals surface area (Å²) in [6, 6.07) is 4.22. The Morgan fingerprint density at radius 1 is 1.20 bits per heavy atom. The first-order chi connectivity index (χ1) is 9.03. The van der Waals surface area contributed by atoms with Gasteiger partial charge < -0.3 is 15.6 Å². The molecule has 1 aromatic rings. The predicted molar refractivity (Wildman–Crippen MR) is 70.5 cm³/mol. The molecule has 1 aromatic carbocycles. The lowest BCUT2D eigenvalue weighted by Gasteiger charge is -2.23. The highest BCUT2D eigenvalue weighted by atomic mass is 19.4. The molecule has 0 heterocycles. The van der Waals surface area contributed by atoms with Crippen LogP contribution < -0.4 is 10.5 Å². The van der Waals surface area contributed by atoms with Crippen molar-refractivity contribution in [2.75, 3.05) is 6.54 Å². The Bertz CT molecular complexity index is 453. The van der Waals surface area contributed by atoms with Crippen molar-refractivity contribution in [3.05, 3.63) is 29.3 Å². The molecule has 0 spiro atoms. The van der Waals surface area contributed by atoms with Crippen molar-refractivity contribution < 1.29 is 23.0 Å². The van der Waals surface area contributed by atoms with Gasteiger partial charge in [0.25, 0.3) is 0 Å². The highest BCUT2D eigenvalue weighted by molar-refractivity contribution is 5.38. The molecule has 3 nitrogen and oxygen atoms in total. The molecule has 3 N–H and O–H groups in total. The topological polar surface area (TPSA) is 55.5 Å². The number of benzene rings is 1. The van der Waals surface area contributed by atoms with E-state index < -0.39 is 12.5 Å². The maximum absolute atomic E-state index is 12.3. The zero-order valence-electron chi connectivity index (χ0n) is 11.8. The van der Waals surface area contributed by atoms with Crippen molar-refractivity contribution in [3.63, 3.8) is 0 Å². The molecular formula is C14H20F3NO2. The number of aliphatic hydroxyl groups excluding tert-OH is 1. The van der Waals surface area contributed by atoms with Crippen LogP contribution in [0.1, 0.15) is 44.4 Å². The molecule has 0 aromatic heterocycles. The first-order valence-corrected chi connectivity index (χ1v) is 6.32. The fraction of sp³-hybridized carbons (Fsp3) is 0.571. The second-order valence-corrected chi connectivity index (χ2v) is 5.68. The molecule has 0 aliphatic carbocycles. The molecule has 0 unspecified atom stereocenters. The summed E-state index contributed by atoms with van der Waals surface area (Å²) in [5, 5.41) is 9.92. The lowest BCUT2D eigenvalue weighted by atomic mass is 9.85. The highest BCUT2D eigenvalue weighted by Crippen LogP contribution is 2.33. The van der Waals surface area contributed by atoms with Crippen LogP contribution in [0, 0.1) is 0 Å². The quantitative estimate of drug-likeness (QED) is 0.895. The molecule has 6 heteroatoms. The molecule has 0 aliphatic heterocycles. The van der Waals surface area contributed by atoms with E-state index in [2.05, 4.69) is 4.74 Å². The fourth-order valence-corrected chi connectivity index (χ4v) is 1.76.